The summed E-state index contributed by atoms with van der Waals surface area (Å²) in [5.41, 5.74) is 1.56. The van der Waals surface area contributed by atoms with E-state index in [9.17, 15) is 14.4 Å². The zero-order valence-corrected chi connectivity index (χ0v) is 15.8. The number of carboxylic acids is 1. The van der Waals surface area contributed by atoms with Crippen LogP contribution in [-0.4, -0.2) is 35.7 Å². The molecule has 0 aromatic heterocycles. The van der Waals surface area contributed by atoms with Gasteiger partial charge >= 0.3 is 11.9 Å². The number of aliphatic carboxylic acids is 1. The van der Waals surface area contributed by atoms with Crippen LogP contribution >= 0.6 is 0 Å². The number of nitrogens with one attached hydrogen (secondary N) is 2. The van der Waals surface area contributed by atoms with Gasteiger partial charge in [0.25, 0.3) is 0 Å². The van der Waals surface area contributed by atoms with Gasteiger partial charge in [-0.25, -0.2) is 9.59 Å². The van der Waals surface area contributed by atoms with Crippen LogP contribution in [0, 0.1) is 0 Å². The normalized spacial score (nSPS) is 13.8. The summed E-state index contributed by atoms with van der Waals surface area (Å²) in [6, 6.07) is 18.2. The maximum absolute atomic E-state index is 12.4. The van der Waals surface area contributed by atoms with Crippen molar-refractivity contribution in [2.45, 2.75) is 32.0 Å². The Labute approximate surface area is 163 Å². The zero-order chi connectivity index (χ0) is 20.5. The van der Waals surface area contributed by atoms with Gasteiger partial charge in [0, 0.05) is 6.54 Å². The van der Waals surface area contributed by atoms with E-state index in [0.29, 0.717) is 5.56 Å². The van der Waals surface area contributed by atoms with Gasteiger partial charge in [-0.1, -0.05) is 60.7 Å². The van der Waals surface area contributed by atoms with Gasteiger partial charge in [0.05, 0.1) is 12.1 Å². The summed E-state index contributed by atoms with van der Waals surface area (Å²) in [7, 11) is 0. The number of rotatable bonds is 8. The minimum Gasteiger partial charge on any atom is -0.473 e. The van der Waals surface area contributed by atoms with Crippen molar-refractivity contribution in [1.29, 1.82) is 0 Å². The van der Waals surface area contributed by atoms with E-state index in [4.69, 9.17) is 9.84 Å². The summed E-state index contributed by atoms with van der Waals surface area (Å²) in [6.07, 6.45) is -1.20. The molecule has 0 saturated heterocycles. The summed E-state index contributed by atoms with van der Waals surface area (Å²) in [6.45, 7) is 3.72. The highest BCUT2D eigenvalue weighted by atomic mass is 16.6. The van der Waals surface area contributed by atoms with Crippen molar-refractivity contribution in [3.63, 3.8) is 0 Å². The lowest BCUT2D eigenvalue weighted by molar-refractivity contribution is -0.167. The van der Waals surface area contributed by atoms with Gasteiger partial charge in [-0.3, -0.25) is 10.1 Å². The van der Waals surface area contributed by atoms with Gasteiger partial charge in [-0.05, 0) is 25.0 Å². The Balaban J connectivity index is 1.95. The standard InChI is InChI=1S/C21H24N2O5/c1-14(16-9-5-3-6-10-16)19(24)23-15(2)22-13-18(28-21(27)20(25)26)17-11-7-4-8-12-17/h3-12,14-15,18,22H,13H2,1-2H3,(H,23,24)(H,25,26)/t14?,15-,18-/m0/s1. The number of benzene rings is 2. The number of esters is 1. The molecule has 0 heterocycles. The molecule has 7 nitrogen and oxygen atoms in total. The summed E-state index contributed by atoms with van der Waals surface area (Å²) >= 11 is 0. The Morgan fingerprint density at radius 3 is 2.00 bits per heavy atom. The van der Waals surface area contributed by atoms with Crippen LogP contribution < -0.4 is 10.6 Å². The fraction of sp³-hybridized carbons (Fsp3) is 0.286. The third-order valence-corrected chi connectivity index (χ3v) is 4.26. The first kappa shape index (κ1) is 21.1. The van der Waals surface area contributed by atoms with Crippen LogP contribution in [0.25, 0.3) is 0 Å². The van der Waals surface area contributed by atoms with E-state index in [-0.39, 0.29) is 18.4 Å². The number of carbonyl (C=O) groups excluding carboxylic acids is 2. The second kappa shape index (κ2) is 10.2. The maximum Gasteiger partial charge on any atom is 0.417 e. The highest BCUT2D eigenvalue weighted by Crippen LogP contribution is 2.17. The molecule has 7 heteroatoms. The van der Waals surface area contributed by atoms with Gasteiger partial charge < -0.3 is 15.2 Å². The Morgan fingerprint density at radius 1 is 0.929 bits per heavy atom. The second-order valence-corrected chi connectivity index (χ2v) is 6.38. The van der Waals surface area contributed by atoms with Gasteiger partial charge in [0.1, 0.15) is 6.10 Å². The van der Waals surface area contributed by atoms with Gasteiger partial charge in [-0.15, -0.1) is 0 Å². The predicted molar refractivity (Wildman–Crippen MR) is 103 cm³/mol. The molecule has 2 aromatic carbocycles. The van der Waals surface area contributed by atoms with Gasteiger partial charge in [0.2, 0.25) is 5.91 Å². The summed E-state index contributed by atoms with van der Waals surface area (Å²) in [5.74, 6) is -3.45. The van der Waals surface area contributed by atoms with E-state index in [2.05, 4.69) is 10.6 Å². The van der Waals surface area contributed by atoms with Crippen molar-refractivity contribution in [2.24, 2.45) is 0 Å². The molecular formula is C21H24N2O5. The lowest BCUT2D eigenvalue weighted by atomic mass is 10.0. The minimum absolute atomic E-state index is 0.143. The summed E-state index contributed by atoms with van der Waals surface area (Å²) in [5, 5.41) is 14.7. The fourth-order valence-corrected chi connectivity index (χ4v) is 2.64. The second-order valence-electron chi connectivity index (χ2n) is 6.38. The van der Waals surface area contributed by atoms with Crippen LogP contribution in [-0.2, 0) is 19.1 Å². The Hall–Kier alpha value is -3.19. The van der Waals surface area contributed by atoms with Crippen molar-refractivity contribution in [3.05, 3.63) is 71.8 Å². The van der Waals surface area contributed by atoms with E-state index in [0.717, 1.165) is 5.56 Å². The van der Waals surface area contributed by atoms with Crippen LogP contribution in [0.3, 0.4) is 0 Å². The molecule has 0 spiro atoms. The number of hydrogen-bond donors (Lipinski definition) is 3. The smallest absolute Gasteiger partial charge is 0.417 e. The van der Waals surface area contributed by atoms with Crippen molar-refractivity contribution in [1.82, 2.24) is 10.6 Å². The highest BCUT2D eigenvalue weighted by Gasteiger charge is 2.23. The van der Waals surface area contributed by atoms with Crippen LogP contribution in [0.4, 0.5) is 0 Å². The topological polar surface area (TPSA) is 105 Å². The molecule has 0 saturated carbocycles. The molecule has 2 aromatic rings. The monoisotopic (exact) mass is 384 g/mol. The Kier molecular flexibility index (Phi) is 7.71. The molecule has 0 aliphatic heterocycles. The molecule has 1 unspecified atom stereocenters. The lowest BCUT2D eigenvalue weighted by Gasteiger charge is -2.23. The SMILES string of the molecule is CC(C(=O)N[C@@H](C)NC[C@H](OC(=O)C(=O)O)c1ccccc1)c1ccccc1. The van der Waals surface area contributed by atoms with Crippen molar-refractivity contribution in [2.75, 3.05) is 6.54 Å². The number of carbonyl (C=O) groups is 3. The summed E-state index contributed by atoms with van der Waals surface area (Å²) < 4.78 is 5.06. The van der Waals surface area contributed by atoms with E-state index < -0.39 is 24.2 Å². The number of hydrogen-bond acceptors (Lipinski definition) is 5. The fourth-order valence-electron chi connectivity index (χ4n) is 2.64. The van der Waals surface area contributed by atoms with Crippen molar-refractivity contribution < 1.29 is 24.2 Å². The Morgan fingerprint density at radius 2 is 1.46 bits per heavy atom. The molecular weight excluding hydrogens is 360 g/mol. The highest BCUT2D eigenvalue weighted by molar-refractivity contribution is 6.28. The van der Waals surface area contributed by atoms with E-state index in [1.165, 1.54) is 0 Å². The first-order valence-corrected chi connectivity index (χ1v) is 8.96. The molecule has 0 aliphatic carbocycles. The first-order chi connectivity index (χ1) is 13.4. The number of ether oxygens (including phenoxy) is 1. The predicted octanol–water partition coefficient (Wildman–Crippen LogP) is 2.21. The summed E-state index contributed by atoms with van der Waals surface area (Å²) in [4.78, 5) is 34.7. The largest absolute Gasteiger partial charge is 0.473 e. The third-order valence-electron chi connectivity index (χ3n) is 4.26. The van der Waals surface area contributed by atoms with Crippen molar-refractivity contribution in [3.8, 4) is 0 Å². The molecule has 28 heavy (non-hydrogen) atoms. The average Bonchev–Trinajstić information content (AvgIpc) is 2.71. The molecule has 0 aliphatic rings. The Bertz CT molecular complexity index is 795. The molecule has 0 radical (unpaired) electrons. The van der Waals surface area contributed by atoms with Crippen LogP contribution in [0.5, 0.6) is 0 Å². The van der Waals surface area contributed by atoms with Crippen LogP contribution in [0.2, 0.25) is 0 Å². The van der Waals surface area contributed by atoms with E-state index >= 15 is 0 Å². The van der Waals surface area contributed by atoms with E-state index in [1.54, 1.807) is 37.3 Å². The molecule has 3 atom stereocenters. The molecule has 0 fully saturated rings. The van der Waals surface area contributed by atoms with E-state index in [1.807, 2.05) is 37.3 Å². The zero-order valence-electron chi connectivity index (χ0n) is 15.8. The van der Waals surface area contributed by atoms with Gasteiger partial charge in [-0.2, -0.15) is 0 Å². The number of amides is 1. The third kappa shape index (κ3) is 6.21. The maximum atomic E-state index is 12.4. The van der Waals surface area contributed by atoms with Crippen molar-refractivity contribution >= 4 is 17.8 Å². The quantitative estimate of drug-likeness (QED) is 0.366. The molecule has 1 amide bonds. The first-order valence-electron chi connectivity index (χ1n) is 8.96. The number of carboxylic acid groups (broad SMARTS) is 1. The average molecular weight is 384 g/mol. The van der Waals surface area contributed by atoms with Crippen LogP contribution in [0.1, 0.15) is 37.0 Å². The minimum atomic E-state index is -1.65. The lowest BCUT2D eigenvalue weighted by Crippen LogP contribution is -2.46. The molecule has 3 N–H and O–H groups in total. The molecule has 2 rings (SSSR count). The molecule has 148 valence electrons. The van der Waals surface area contributed by atoms with Crippen LogP contribution in [0.15, 0.2) is 60.7 Å². The van der Waals surface area contributed by atoms with Gasteiger partial charge in [0.15, 0.2) is 0 Å². The molecule has 0 bridgehead atoms.